The summed E-state index contributed by atoms with van der Waals surface area (Å²) in [5, 5.41) is 7.44. The summed E-state index contributed by atoms with van der Waals surface area (Å²) in [5.74, 6) is 0.608. The second-order valence-electron chi connectivity index (χ2n) is 7.71. The number of hydrogen-bond acceptors (Lipinski definition) is 5. The summed E-state index contributed by atoms with van der Waals surface area (Å²) in [5.41, 5.74) is 4.47. The van der Waals surface area contributed by atoms with Crippen LogP contribution in [-0.2, 0) is 18.4 Å². The molecule has 1 aliphatic carbocycles. The third-order valence-corrected chi connectivity index (χ3v) is 5.43. The van der Waals surface area contributed by atoms with Crippen LogP contribution in [0.5, 0.6) is 5.75 Å². The first-order valence-corrected chi connectivity index (χ1v) is 10.2. The summed E-state index contributed by atoms with van der Waals surface area (Å²) in [6.45, 7) is 2.25. The number of amides is 1. The van der Waals surface area contributed by atoms with Gasteiger partial charge in [0.15, 0.2) is 0 Å². The van der Waals surface area contributed by atoms with Gasteiger partial charge in [0.1, 0.15) is 18.1 Å². The zero-order valence-corrected chi connectivity index (χ0v) is 17.8. The number of nitrogens with one attached hydrogen (secondary N) is 1. The van der Waals surface area contributed by atoms with E-state index in [0.717, 1.165) is 29.7 Å². The molecule has 0 atom stereocenters. The second kappa shape index (κ2) is 8.63. The van der Waals surface area contributed by atoms with Crippen molar-refractivity contribution in [2.45, 2.75) is 32.3 Å². The second-order valence-corrected chi connectivity index (χ2v) is 7.71. The number of hydrogen-bond donors (Lipinski definition) is 1. The Kier molecular flexibility index (Phi) is 5.75. The first-order chi connectivity index (χ1) is 15.0. The van der Waals surface area contributed by atoms with Crippen molar-refractivity contribution in [1.29, 1.82) is 0 Å². The molecular formula is C24H25N3O4. The number of ether oxygens (including phenoxy) is 2. The predicted octanol–water partition coefficient (Wildman–Crippen LogP) is 4.22. The minimum atomic E-state index is -0.371. The molecule has 0 radical (unpaired) electrons. The van der Waals surface area contributed by atoms with Crippen molar-refractivity contribution < 1.29 is 19.1 Å². The molecule has 160 valence electrons. The van der Waals surface area contributed by atoms with Gasteiger partial charge < -0.3 is 14.8 Å². The van der Waals surface area contributed by atoms with Crippen LogP contribution in [0, 0.1) is 6.92 Å². The molecular weight excluding hydrogens is 394 g/mol. The molecule has 1 aliphatic rings. The summed E-state index contributed by atoms with van der Waals surface area (Å²) >= 11 is 0. The molecule has 0 aliphatic heterocycles. The Labute approximate surface area is 181 Å². The van der Waals surface area contributed by atoms with Gasteiger partial charge in [-0.3, -0.25) is 9.48 Å². The van der Waals surface area contributed by atoms with Crippen LogP contribution in [0.15, 0.2) is 48.5 Å². The molecule has 1 N–H and O–H groups in total. The van der Waals surface area contributed by atoms with Crippen molar-refractivity contribution in [1.82, 2.24) is 9.78 Å². The fourth-order valence-corrected chi connectivity index (χ4v) is 3.39. The highest BCUT2D eigenvalue weighted by molar-refractivity contribution is 6.03. The topological polar surface area (TPSA) is 82.4 Å². The van der Waals surface area contributed by atoms with Crippen LogP contribution in [0.1, 0.15) is 56.4 Å². The van der Waals surface area contributed by atoms with Crippen molar-refractivity contribution >= 4 is 17.6 Å². The zero-order chi connectivity index (χ0) is 22.0. The number of esters is 1. The zero-order valence-electron chi connectivity index (χ0n) is 17.8. The van der Waals surface area contributed by atoms with E-state index in [2.05, 4.69) is 10.4 Å². The van der Waals surface area contributed by atoms with Crippen LogP contribution in [0.2, 0.25) is 0 Å². The average Bonchev–Trinajstić information content (AvgIpc) is 3.55. The van der Waals surface area contributed by atoms with E-state index in [0.29, 0.717) is 35.2 Å². The molecule has 7 nitrogen and oxygen atoms in total. The maximum atomic E-state index is 12.8. The summed E-state index contributed by atoms with van der Waals surface area (Å²) in [6.07, 6.45) is 2.28. The molecule has 4 rings (SSSR count). The highest BCUT2D eigenvalue weighted by Gasteiger charge is 2.28. The molecule has 2 aromatic carbocycles. The van der Waals surface area contributed by atoms with Crippen molar-refractivity contribution in [2.24, 2.45) is 7.05 Å². The monoisotopic (exact) mass is 419 g/mol. The van der Waals surface area contributed by atoms with Crippen molar-refractivity contribution in [3.63, 3.8) is 0 Å². The molecule has 31 heavy (non-hydrogen) atoms. The number of rotatable bonds is 7. The van der Waals surface area contributed by atoms with Gasteiger partial charge >= 0.3 is 5.97 Å². The molecule has 1 amide bonds. The first kappa shape index (κ1) is 20.7. The Bertz CT molecular complexity index is 1110. The van der Waals surface area contributed by atoms with Crippen molar-refractivity contribution in [3.8, 4) is 5.75 Å². The van der Waals surface area contributed by atoms with Gasteiger partial charge in [-0.2, -0.15) is 5.10 Å². The van der Waals surface area contributed by atoms with Gasteiger partial charge in [-0.15, -0.1) is 0 Å². The molecule has 0 bridgehead atoms. The number of aryl methyl sites for hydroxylation is 1. The molecule has 1 fully saturated rings. The smallest absolute Gasteiger partial charge is 0.337 e. The fourth-order valence-electron chi connectivity index (χ4n) is 3.39. The lowest BCUT2D eigenvalue weighted by molar-refractivity contribution is 0.0600. The standard InChI is InChI=1S/C24H25N3O4/c1-15-19(25-23(28)21-13-20(17-11-12-17)26-27(21)2)5-4-6-22(15)31-14-16-7-9-18(10-8-16)24(29)30-3/h4-10,13,17H,11-12,14H2,1-3H3,(H,25,28). The first-order valence-electron chi connectivity index (χ1n) is 10.2. The summed E-state index contributed by atoms with van der Waals surface area (Å²) in [7, 11) is 3.15. The van der Waals surface area contributed by atoms with E-state index >= 15 is 0 Å². The quantitative estimate of drug-likeness (QED) is 0.580. The van der Waals surface area contributed by atoms with Gasteiger partial charge in [-0.25, -0.2) is 4.79 Å². The van der Waals surface area contributed by atoms with Gasteiger partial charge in [0.05, 0.1) is 18.4 Å². The Morgan fingerprint density at radius 2 is 1.90 bits per heavy atom. The molecule has 0 unspecified atom stereocenters. The van der Waals surface area contributed by atoms with Crippen molar-refractivity contribution in [3.05, 3.63) is 76.6 Å². The van der Waals surface area contributed by atoms with E-state index in [-0.39, 0.29) is 11.9 Å². The number of anilines is 1. The highest BCUT2D eigenvalue weighted by Crippen LogP contribution is 2.39. The van der Waals surface area contributed by atoms with Gasteiger partial charge in [0.25, 0.3) is 5.91 Å². The van der Waals surface area contributed by atoms with Crippen LogP contribution < -0.4 is 10.1 Å². The Morgan fingerprint density at radius 1 is 1.16 bits per heavy atom. The predicted molar refractivity (Wildman–Crippen MR) is 116 cm³/mol. The maximum absolute atomic E-state index is 12.8. The minimum absolute atomic E-state index is 0.194. The average molecular weight is 419 g/mol. The van der Waals surface area contributed by atoms with Crippen molar-refractivity contribution in [2.75, 3.05) is 12.4 Å². The number of carbonyl (C=O) groups excluding carboxylic acids is 2. The van der Waals surface area contributed by atoms with Crippen LogP contribution in [0.25, 0.3) is 0 Å². The van der Waals surface area contributed by atoms with E-state index in [4.69, 9.17) is 9.47 Å². The molecule has 7 heteroatoms. The van der Waals surface area contributed by atoms with Crippen LogP contribution in [-0.4, -0.2) is 28.8 Å². The Hall–Kier alpha value is -3.61. The fraction of sp³-hybridized carbons (Fsp3) is 0.292. The van der Waals surface area contributed by atoms with Crippen LogP contribution in [0.3, 0.4) is 0 Å². The van der Waals surface area contributed by atoms with Crippen LogP contribution >= 0.6 is 0 Å². The number of carbonyl (C=O) groups is 2. The summed E-state index contributed by atoms with van der Waals surface area (Å²) in [6, 6.07) is 14.5. The van der Waals surface area contributed by atoms with Gasteiger partial charge in [0.2, 0.25) is 0 Å². The molecule has 1 saturated carbocycles. The van der Waals surface area contributed by atoms with E-state index in [1.807, 2.05) is 43.3 Å². The van der Waals surface area contributed by atoms with E-state index < -0.39 is 0 Å². The van der Waals surface area contributed by atoms with E-state index in [9.17, 15) is 9.59 Å². The summed E-state index contributed by atoms with van der Waals surface area (Å²) in [4.78, 5) is 24.3. The number of aromatic nitrogens is 2. The SMILES string of the molecule is COC(=O)c1ccc(COc2cccc(NC(=O)c3cc(C4CC4)nn3C)c2C)cc1. The lowest BCUT2D eigenvalue weighted by atomic mass is 10.1. The minimum Gasteiger partial charge on any atom is -0.489 e. The lowest BCUT2D eigenvalue weighted by Crippen LogP contribution is -2.16. The van der Waals surface area contributed by atoms with Gasteiger partial charge in [-0.05, 0) is 55.7 Å². The maximum Gasteiger partial charge on any atom is 0.337 e. The van der Waals surface area contributed by atoms with E-state index in [1.54, 1.807) is 23.9 Å². The van der Waals surface area contributed by atoms with Gasteiger partial charge in [0, 0.05) is 24.2 Å². The van der Waals surface area contributed by atoms with Gasteiger partial charge in [-0.1, -0.05) is 18.2 Å². The number of benzene rings is 2. The third-order valence-electron chi connectivity index (χ3n) is 5.43. The Morgan fingerprint density at radius 3 is 2.58 bits per heavy atom. The molecule has 0 spiro atoms. The number of methoxy groups -OCH3 is 1. The largest absolute Gasteiger partial charge is 0.489 e. The highest BCUT2D eigenvalue weighted by atomic mass is 16.5. The Balaban J connectivity index is 1.43. The molecule has 1 heterocycles. The molecule has 1 aromatic heterocycles. The molecule has 3 aromatic rings. The van der Waals surface area contributed by atoms with Crippen LogP contribution in [0.4, 0.5) is 5.69 Å². The third kappa shape index (κ3) is 4.60. The normalized spacial score (nSPS) is 13.0. The number of nitrogens with zero attached hydrogens (tertiary/aromatic N) is 2. The summed E-state index contributed by atoms with van der Waals surface area (Å²) < 4.78 is 12.3. The molecule has 0 saturated heterocycles. The van der Waals surface area contributed by atoms with E-state index in [1.165, 1.54) is 7.11 Å². The lowest BCUT2D eigenvalue weighted by Gasteiger charge is -2.14.